The number of urea groups is 1. The van der Waals surface area contributed by atoms with Crippen LogP contribution >= 0.6 is 11.6 Å². The van der Waals surface area contributed by atoms with Crippen LogP contribution in [0.2, 0.25) is 5.02 Å². The van der Waals surface area contributed by atoms with Gasteiger partial charge in [-0.1, -0.05) is 37.1 Å². The van der Waals surface area contributed by atoms with Crippen LogP contribution < -0.4 is 10.6 Å². The summed E-state index contributed by atoms with van der Waals surface area (Å²) in [5.41, 5.74) is -0.579. The molecule has 1 aromatic rings. The molecule has 7 heteroatoms. The average Bonchev–Trinajstić information content (AvgIpc) is 2.72. The van der Waals surface area contributed by atoms with Gasteiger partial charge >= 0.3 is 6.03 Å². The van der Waals surface area contributed by atoms with Crippen molar-refractivity contribution in [1.29, 1.82) is 0 Å². The zero-order valence-corrected chi connectivity index (χ0v) is 14.8. The third-order valence-corrected chi connectivity index (χ3v) is 4.38. The summed E-state index contributed by atoms with van der Waals surface area (Å²) in [5, 5.41) is 6.00. The fourth-order valence-electron chi connectivity index (χ4n) is 2.79. The summed E-state index contributed by atoms with van der Waals surface area (Å²) in [5.74, 6) is -0.798. The maximum absolute atomic E-state index is 12.7. The fourth-order valence-corrected chi connectivity index (χ4v) is 2.91. The number of benzene rings is 1. The summed E-state index contributed by atoms with van der Waals surface area (Å²) in [4.78, 5) is 37.9. The van der Waals surface area contributed by atoms with Gasteiger partial charge in [0.05, 0.1) is 0 Å². The van der Waals surface area contributed by atoms with Crippen molar-refractivity contribution in [3.63, 3.8) is 0 Å². The molecule has 0 aromatic heterocycles. The maximum atomic E-state index is 12.7. The third kappa shape index (κ3) is 3.70. The second-order valence-corrected chi connectivity index (χ2v) is 6.65. The highest BCUT2D eigenvalue weighted by atomic mass is 35.5. The lowest BCUT2D eigenvalue weighted by molar-refractivity contribution is -0.135. The number of halogens is 1. The predicted molar refractivity (Wildman–Crippen MR) is 91.6 cm³/mol. The largest absolute Gasteiger partial charge is 0.352 e. The first-order valence-electron chi connectivity index (χ1n) is 7.97. The zero-order valence-electron chi connectivity index (χ0n) is 14.1. The topological polar surface area (TPSA) is 78.5 Å². The van der Waals surface area contributed by atoms with Gasteiger partial charge in [-0.05, 0) is 38.0 Å². The van der Waals surface area contributed by atoms with Crippen LogP contribution in [-0.2, 0) is 15.1 Å². The summed E-state index contributed by atoms with van der Waals surface area (Å²) < 4.78 is 0. The van der Waals surface area contributed by atoms with Gasteiger partial charge in [0.1, 0.15) is 12.1 Å². The molecule has 1 aliphatic heterocycles. The quantitative estimate of drug-likeness (QED) is 0.772. The molecular weight excluding hydrogens is 330 g/mol. The molecule has 0 bridgehead atoms. The summed E-state index contributed by atoms with van der Waals surface area (Å²) >= 11 is 5.86. The van der Waals surface area contributed by atoms with Gasteiger partial charge in [-0.2, -0.15) is 0 Å². The van der Waals surface area contributed by atoms with Crippen molar-refractivity contribution in [3.8, 4) is 0 Å². The second kappa shape index (κ2) is 7.21. The molecule has 6 nitrogen and oxygen atoms in total. The highest BCUT2D eigenvalue weighted by Gasteiger charge is 2.49. The Morgan fingerprint density at radius 1 is 1.33 bits per heavy atom. The van der Waals surface area contributed by atoms with E-state index in [2.05, 4.69) is 10.6 Å². The lowest BCUT2D eigenvalue weighted by atomic mass is 9.92. The Balaban J connectivity index is 2.11. The van der Waals surface area contributed by atoms with Gasteiger partial charge in [0.25, 0.3) is 5.91 Å². The van der Waals surface area contributed by atoms with Gasteiger partial charge in [0, 0.05) is 11.1 Å². The van der Waals surface area contributed by atoms with Crippen molar-refractivity contribution in [1.82, 2.24) is 15.5 Å². The fraction of sp³-hybridized carbons (Fsp3) is 0.471. The van der Waals surface area contributed by atoms with Crippen LogP contribution in [0.1, 0.15) is 39.2 Å². The molecule has 2 N–H and O–H groups in total. The van der Waals surface area contributed by atoms with Crippen LogP contribution in [-0.4, -0.2) is 35.3 Å². The second-order valence-electron chi connectivity index (χ2n) is 6.21. The minimum atomic E-state index is -1.20. The molecule has 2 atom stereocenters. The molecule has 2 unspecified atom stereocenters. The van der Waals surface area contributed by atoms with Crippen LogP contribution in [0, 0.1) is 0 Å². The molecule has 0 radical (unpaired) electrons. The SMILES string of the molecule is CCCC(C)NC(=O)CN1C(=O)NC(C)(c2ccc(Cl)cc2)C1=O. The van der Waals surface area contributed by atoms with E-state index in [0.29, 0.717) is 10.6 Å². The first-order chi connectivity index (χ1) is 11.3. The molecule has 0 spiro atoms. The average molecular weight is 352 g/mol. The van der Waals surface area contributed by atoms with E-state index in [9.17, 15) is 14.4 Å². The summed E-state index contributed by atoms with van der Waals surface area (Å²) in [7, 11) is 0. The molecule has 1 aromatic carbocycles. The lowest BCUT2D eigenvalue weighted by Crippen LogP contribution is -2.44. The highest BCUT2D eigenvalue weighted by molar-refractivity contribution is 6.30. The Bertz CT molecular complexity index is 647. The van der Waals surface area contributed by atoms with Crippen LogP contribution in [0.15, 0.2) is 24.3 Å². The summed E-state index contributed by atoms with van der Waals surface area (Å²) in [6, 6.07) is 6.12. The Morgan fingerprint density at radius 2 is 1.96 bits per heavy atom. The molecule has 2 rings (SSSR count). The van der Waals surface area contributed by atoms with E-state index in [1.807, 2.05) is 13.8 Å². The number of rotatable bonds is 6. The molecule has 4 amide bonds. The van der Waals surface area contributed by atoms with Crippen LogP contribution in [0.25, 0.3) is 0 Å². The zero-order chi connectivity index (χ0) is 17.9. The predicted octanol–water partition coefficient (Wildman–Crippen LogP) is 2.41. The van der Waals surface area contributed by atoms with Crippen molar-refractivity contribution in [3.05, 3.63) is 34.9 Å². The van der Waals surface area contributed by atoms with Crippen molar-refractivity contribution in [2.75, 3.05) is 6.54 Å². The van der Waals surface area contributed by atoms with Gasteiger partial charge in [0.15, 0.2) is 0 Å². The van der Waals surface area contributed by atoms with Crippen LogP contribution in [0.5, 0.6) is 0 Å². The highest BCUT2D eigenvalue weighted by Crippen LogP contribution is 2.29. The Labute approximate surface area is 146 Å². The van der Waals surface area contributed by atoms with Gasteiger partial charge in [-0.15, -0.1) is 0 Å². The van der Waals surface area contributed by atoms with Gasteiger partial charge in [-0.25, -0.2) is 4.79 Å². The molecule has 130 valence electrons. The number of imide groups is 1. The molecule has 0 aliphatic carbocycles. The van der Waals surface area contributed by atoms with E-state index >= 15 is 0 Å². The van der Waals surface area contributed by atoms with E-state index in [1.54, 1.807) is 31.2 Å². The first-order valence-corrected chi connectivity index (χ1v) is 8.35. The van der Waals surface area contributed by atoms with Crippen molar-refractivity contribution in [2.24, 2.45) is 0 Å². The van der Waals surface area contributed by atoms with E-state index < -0.39 is 17.5 Å². The van der Waals surface area contributed by atoms with Crippen molar-refractivity contribution < 1.29 is 14.4 Å². The number of hydrogen-bond acceptors (Lipinski definition) is 3. The summed E-state index contributed by atoms with van der Waals surface area (Å²) in [6.07, 6.45) is 1.79. The Morgan fingerprint density at radius 3 is 2.54 bits per heavy atom. The van der Waals surface area contributed by atoms with Crippen molar-refractivity contribution in [2.45, 2.75) is 45.2 Å². The summed E-state index contributed by atoms with van der Waals surface area (Å²) in [6.45, 7) is 5.25. The monoisotopic (exact) mass is 351 g/mol. The standard InChI is InChI=1S/C17H22ClN3O3/c1-4-5-11(2)19-14(22)10-21-15(23)17(3,20-16(21)24)12-6-8-13(18)9-7-12/h6-9,11H,4-5,10H2,1-3H3,(H,19,22)(H,20,24). The minimum Gasteiger partial charge on any atom is -0.352 e. The smallest absolute Gasteiger partial charge is 0.325 e. The van der Waals surface area contributed by atoms with Gasteiger partial charge < -0.3 is 10.6 Å². The molecule has 1 fully saturated rings. The van der Waals surface area contributed by atoms with Gasteiger partial charge in [0.2, 0.25) is 5.91 Å². The van der Waals surface area contributed by atoms with Crippen LogP contribution in [0.3, 0.4) is 0 Å². The molecule has 1 saturated heterocycles. The number of hydrogen-bond donors (Lipinski definition) is 2. The molecule has 24 heavy (non-hydrogen) atoms. The molecule has 1 heterocycles. The third-order valence-electron chi connectivity index (χ3n) is 4.13. The van der Waals surface area contributed by atoms with Gasteiger partial charge in [-0.3, -0.25) is 14.5 Å². The molecular formula is C17H22ClN3O3. The number of carbonyl (C=O) groups excluding carboxylic acids is 3. The van der Waals surface area contributed by atoms with E-state index in [4.69, 9.17) is 11.6 Å². The Hall–Kier alpha value is -2.08. The number of amides is 4. The normalized spacial score (nSPS) is 21.6. The van der Waals surface area contributed by atoms with Crippen LogP contribution in [0.4, 0.5) is 4.79 Å². The van der Waals surface area contributed by atoms with E-state index in [1.165, 1.54) is 0 Å². The first kappa shape index (κ1) is 18.3. The van der Waals surface area contributed by atoms with E-state index in [0.717, 1.165) is 17.7 Å². The Kier molecular flexibility index (Phi) is 5.49. The number of nitrogens with one attached hydrogen (secondary N) is 2. The number of nitrogens with zero attached hydrogens (tertiary/aromatic N) is 1. The minimum absolute atomic E-state index is 0.00548. The lowest BCUT2D eigenvalue weighted by Gasteiger charge is -2.22. The van der Waals surface area contributed by atoms with E-state index in [-0.39, 0.29) is 18.5 Å². The molecule has 1 aliphatic rings. The maximum Gasteiger partial charge on any atom is 0.325 e. The number of carbonyl (C=O) groups is 3. The molecule has 0 saturated carbocycles. The van der Waals surface area contributed by atoms with Crippen molar-refractivity contribution >= 4 is 29.4 Å².